The van der Waals surface area contributed by atoms with E-state index in [1.54, 1.807) is 72.8 Å². The van der Waals surface area contributed by atoms with Crippen LogP contribution in [0.4, 0.5) is 34.1 Å². The second-order valence-corrected chi connectivity index (χ2v) is 16.1. The summed E-state index contributed by atoms with van der Waals surface area (Å²) in [7, 11) is -13.9. The fraction of sp³-hybridized carbons (Fsp3) is 0. The molecule has 0 radical (unpaired) electrons. The first-order valence-corrected chi connectivity index (χ1v) is 21.4. The first-order chi connectivity index (χ1) is 29.0. The van der Waals surface area contributed by atoms with Crippen LogP contribution in [0.15, 0.2) is 176 Å². The summed E-state index contributed by atoms with van der Waals surface area (Å²) in [4.78, 5) is 6.20. The van der Waals surface area contributed by atoms with Gasteiger partial charge < -0.3 is 9.11 Å². The molecule has 61 heavy (non-hydrogen) atoms. The minimum atomic E-state index is -5.17. The third-order valence-electron chi connectivity index (χ3n) is 8.78. The van der Waals surface area contributed by atoms with Gasteiger partial charge in [-0.05, 0) is 48.5 Å². The maximum atomic E-state index is 11.6. The first-order valence-electron chi connectivity index (χ1n) is 17.2. The molecule has 0 aliphatic heterocycles. The fourth-order valence-corrected chi connectivity index (χ4v) is 7.67. The van der Waals surface area contributed by atoms with Crippen LogP contribution in [0.2, 0.25) is 0 Å². The topological polar surface area (TPSA) is 295 Å². The largest absolute Gasteiger partial charge is 0.759 e. The highest BCUT2D eigenvalue weighted by atomic mass is 32.3. The molecular formula is C40H26N8O10S3. The smallest absolute Gasteiger partial charge is 0.392 e. The lowest BCUT2D eigenvalue weighted by Crippen LogP contribution is -1.98. The Balaban J connectivity index is 0.000000184. The quantitative estimate of drug-likeness (QED) is 0.0682. The summed E-state index contributed by atoms with van der Waals surface area (Å²) in [6.07, 6.45) is 0. The fourth-order valence-electron chi connectivity index (χ4n) is 6.25. The van der Waals surface area contributed by atoms with Gasteiger partial charge in [0.15, 0.2) is 9.95 Å². The van der Waals surface area contributed by atoms with Crippen molar-refractivity contribution in [3.05, 3.63) is 156 Å². The Morgan fingerprint density at radius 2 is 0.639 bits per heavy atom. The van der Waals surface area contributed by atoms with Crippen molar-refractivity contribution in [1.82, 2.24) is 0 Å². The van der Waals surface area contributed by atoms with E-state index in [4.69, 9.17) is 28.3 Å². The summed E-state index contributed by atoms with van der Waals surface area (Å²) < 4.78 is 99.4. The zero-order chi connectivity index (χ0) is 44.0. The molecule has 0 amide bonds. The maximum absolute atomic E-state index is 11.6. The van der Waals surface area contributed by atoms with Gasteiger partial charge >= 0.3 is 11.4 Å². The minimum Gasteiger partial charge on any atom is -0.759 e. The molecule has 8 aromatic rings. The second kappa shape index (κ2) is 17.8. The Bertz CT molecular complexity index is 3290. The Kier molecular flexibility index (Phi) is 12.6. The average Bonchev–Trinajstić information content (AvgIpc) is 3.23. The molecule has 18 nitrogen and oxygen atoms in total. The van der Waals surface area contributed by atoms with Crippen molar-refractivity contribution in [2.75, 3.05) is 0 Å². The van der Waals surface area contributed by atoms with E-state index in [2.05, 4.69) is 30.4 Å². The molecule has 0 spiro atoms. The summed E-state index contributed by atoms with van der Waals surface area (Å²) in [6, 6.07) is 40.4. The van der Waals surface area contributed by atoms with Gasteiger partial charge in [-0.1, -0.05) is 84.9 Å². The Morgan fingerprint density at radius 3 is 0.967 bits per heavy atom. The molecule has 0 aromatic heterocycles. The summed E-state index contributed by atoms with van der Waals surface area (Å²) in [5, 5.41) is 40.3. The number of benzene rings is 8. The lowest BCUT2D eigenvalue weighted by molar-refractivity contribution is 0.352. The molecule has 8 rings (SSSR count). The van der Waals surface area contributed by atoms with Crippen molar-refractivity contribution in [3.8, 4) is 0 Å². The molecule has 0 aliphatic rings. The molecule has 0 heterocycles. The number of azo groups is 2. The molecule has 8 aromatic carbocycles. The Hall–Kier alpha value is -7.47. The summed E-state index contributed by atoms with van der Waals surface area (Å²) in [6.45, 7) is 0. The van der Waals surface area contributed by atoms with Gasteiger partial charge in [-0.25, -0.2) is 0 Å². The highest BCUT2D eigenvalue weighted by Gasteiger charge is 2.18. The molecule has 0 atom stereocenters. The number of hydrogen-bond acceptors (Lipinski definition) is 14. The first kappa shape index (κ1) is 43.1. The summed E-state index contributed by atoms with van der Waals surface area (Å²) >= 11 is 0. The normalized spacial score (nSPS) is 11.8. The molecule has 0 aliphatic carbocycles. The highest BCUT2D eigenvalue weighted by molar-refractivity contribution is 7.86. The van der Waals surface area contributed by atoms with E-state index in [9.17, 15) is 25.9 Å². The van der Waals surface area contributed by atoms with Gasteiger partial charge in [0, 0.05) is 54.8 Å². The van der Waals surface area contributed by atoms with Gasteiger partial charge in [0.25, 0.3) is 20.2 Å². The van der Waals surface area contributed by atoms with Gasteiger partial charge in [-0.2, -0.15) is 16.8 Å². The maximum Gasteiger partial charge on any atom is 0.392 e. The van der Waals surface area contributed by atoms with Crippen LogP contribution >= 0.6 is 0 Å². The highest BCUT2D eigenvalue weighted by Crippen LogP contribution is 2.38. The van der Waals surface area contributed by atoms with Crippen molar-refractivity contribution >= 4 is 108 Å². The van der Waals surface area contributed by atoms with Crippen molar-refractivity contribution in [1.29, 1.82) is 10.8 Å². The van der Waals surface area contributed by atoms with Crippen LogP contribution in [0.1, 0.15) is 0 Å². The van der Waals surface area contributed by atoms with E-state index in [0.717, 1.165) is 21.5 Å². The van der Waals surface area contributed by atoms with E-state index in [-0.39, 0.29) is 9.79 Å². The van der Waals surface area contributed by atoms with Crippen LogP contribution in [0.25, 0.3) is 53.0 Å². The van der Waals surface area contributed by atoms with E-state index in [1.165, 1.54) is 24.3 Å². The number of nitrogens with zero attached hydrogens (tertiary/aromatic N) is 8. The predicted octanol–water partition coefficient (Wildman–Crippen LogP) is 10.9. The average molecular weight is 875 g/mol. The van der Waals surface area contributed by atoms with E-state index < -0.39 is 30.6 Å². The summed E-state index contributed by atoms with van der Waals surface area (Å²) in [5.41, 5.74) is 2.93. The third-order valence-corrected chi connectivity index (χ3v) is 10.6. The van der Waals surface area contributed by atoms with E-state index >= 15 is 0 Å². The molecule has 21 heteroatoms. The molecule has 0 unspecified atom stereocenters. The minimum absolute atomic E-state index is 0.179. The molecule has 0 fully saturated rings. The zero-order valence-corrected chi connectivity index (χ0v) is 33.3. The van der Waals surface area contributed by atoms with Gasteiger partial charge in [0.05, 0.1) is 33.5 Å². The SMILES string of the molecule is N#[N+]c1ccc(N=Nc2cccc3c(S(=O)(=O)O)cccc23)c2ccccc12.N#[N+]c1ccc(N=Nc2cccc3c(S(=O)(=O)O)cccc23)c2ccccc12.O=S(=O)([O-])[O-]. The molecular weight excluding hydrogens is 849 g/mol. The molecule has 0 bridgehead atoms. The number of hydrogen-bond donors (Lipinski definition) is 2. The molecule has 0 saturated carbocycles. The standard InChI is InChI=1S/2C20H12N4O3S.H2O4S/c2*21-22-17-11-12-19(14-6-2-1-5-13(14)17)24-23-18-9-3-8-16-15(18)7-4-10-20(16)28(25,26)27;1-5(2,3)4/h2*1-12H;(H2,1,2,3,4). The van der Waals surface area contributed by atoms with Gasteiger partial charge in [-0.15, -0.1) is 20.5 Å². The van der Waals surface area contributed by atoms with Crippen molar-refractivity contribution in [2.45, 2.75) is 9.79 Å². The zero-order valence-electron chi connectivity index (χ0n) is 30.8. The Morgan fingerprint density at radius 1 is 0.377 bits per heavy atom. The van der Waals surface area contributed by atoms with Crippen LogP contribution in [0.3, 0.4) is 0 Å². The van der Waals surface area contributed by atoms with Crippen molar-refractivity contribution < 1.29 is 43.5 Å². The number of fused-ring (bicyclic) bond motifs is 4. The predicted molar refractivity (Wildman–Crippen MR) is 224 cm³/mol. The number of diazo groups is 2. The molecule has 0 saturated heterocycles. The van der Waals surface area contributed by atoms with Crippen LogP contribution in [0.5, 0.6) is 0 Å². The van der Waals surface area contributed by atoms with Crippen LogP contribution in [0, 0.1) is 10.8 Å². The van der Waals surface area contributed by atoms with Crippen LogP contribution in [-0.4, -0.2) is 43.5 Å². The van der Waals surface area contributed by atoms with Crippen LogP contribution in [-0.2, 0) is 30.6 Å². The van der Waals surface area contributed by atoms with E-state index in [1.807, 2.05) is 48.5 Å². The lowest BCUT2D eigenvalue weighted by Gasteiger charge is -2.06. The molecule has 304 valence electrons. The van der Waals surface area contributed by atoms with Crippen molar-refractivity contribution in [2.24, 2.45) is 20.5 Å². The van der Waals surface area contributed by atoms with Crippen molar-refractivity contribution in [3.63, 3.8) is 0 Å². The van der Waals surface area contributed by atoms with Gasteiger partial charge in [0.1, 0.15) is 9.79 Å². The molecule has 2 N–H and O–H groups in total. The van der Waals surface area contributed by atoms with E-state index in [0.29, 0.717) is 55.7 Å². The monoisotopic (exact) mass is 874 g/mol. The Labute approximate surface area is 346 Å². The second-order valence-electron chi connectivity index (χ2n) is 12.5. The lowest BCUT2D eigenvalue weighted by atomic mass is 10.1. The van der Waals surface area contributed by atoms with Crippen LogP contribution < -0.4 is 0 Å². The third kappa shape index (κ3) is 10.2. The van der Waals surface area contributed by atoms with Gasteiger partial charge in [0.2, 0.25) is 10.8 Å². The van der Waals surface area contributed by atoms with Gasteiger partial charge in [-0.3, -0.25) is 17.5 Å². The number of rotatable bonds is 6. The summed E-state index contributed by atoms with van der Waals surface area (Å²) in [5.74, 6) is 0.